The molecule has 0 saturated carbocycles. The lowest BCUT2D eigenvalue weighted by atomic mass is 10.2. The van der Waals surface area contributed by atoms with Gasteiger partial charge in [-0.2, -0.15) is 0 Å². The van der Waals surface area contributed by atoms with E-state index in [1.165, 1.54) is 6.92 Å². The molecule has 3 N–H and O–H groups in total. The molecule has 0 aliphatic carbocycles. The maximum atomic E-state index is 11.4. The molecule has 0 radical (unpaired) electrons. The normalized spacial score (nSPS) is 10.6. The fourth-order valence-corrected chi connectivity index (χ4v) is 2.64. The van der Waals surface area contributed by atoms with E-state index in [0.717, 1.165) is 36.8 Å². The second kappa shape index (κ2) is 14.5. The summed E-state index contributed by atoms with van der Waals surface area (Å²) < 4.78 is 11.0. The van der Waals surface area contributed by atoms with Crippen LogP contribution in [0.5, 0.6) is 11.5 Å². The molecule has 0 unspecified atom stereocenters. The molecular weight excluding hydrogens is 495 g/mol. The Kier molecular flexibility index (Phi) is 12.3. The van der Waals surface area contributed by atoms with Gasteiger partial charge in [0.2, 0.25) is 5.91 Å². The van der Waals surface area contributed by atoms with Crippen LogP contribution in [0.3, 0.4) is 0 Å². The van der Waals surface area contributed by atoms with Gasteiger partial charge in [0.15, 0.2) is 5.96 Å². The minimum Gasteiger partial charge on any atom is -0.495 e. The van der Waals surface area contributed by atoms with Crippen molar-refractivity contribution in [3.05, 3.63) is 54.1 Å². The van der Waals surface area contributed by atoms with E-state index in [9.17, 15) is 4.79 Å². The van der Waals surface area contributed by atoms with E-state index in [0.29, 0.717) is 24.6 Å². The number of para-hydroxylation sites is 1. The summed E-state index contributed by atoms with van der Waals surface area (Å²) in [6.07, 6.45) is 0.856. The van der Waals surface area contributed by atoms with Gasteiger partial charge in [-0.1, -0.05) is 24.3 Å². The van der Waals surface area contributed by atoms with Crippen molar-refractivity contribution in [1.82, 2.24) is 10.6 Å². The molecule has 0 bridgehead atoms. The number of ether oxygens (including phenoxy) is 2. The Bertz CT molecular complexity index is 800. The van der Waals surface area contributed by atoms with Crippen LogP contribution >= 0.6 is 24.0 Å². The summed E-state index contributed by atoms with van der Waals surface area (Å²) in [5.41, 5.74) is 1.61. The minimum atomic E-state index is -0.142. The first kappa shape index (κ1) is 25.5. The molecule has 0 fully saturated rings. The average Bonchev–Trinajstić information content (AvgIpc) is 2.72. The smallest absolute Gasteiger partial charge is 0.221 e. The van der Waals surface area contributed by atoms with Gasteiger partial charge in [0.25, 0.3) is 0 Å². The van der Waals surface area contributed by atoms with E-state index in [4.69, 9.17) is 9.47 Å². The number of aliphatic imine (C=N–C) groups is 1. The molecule has 7 nitrogen and oxygen atoms in total. The van der Waals surface area contributed by atoms with Crippen molar-refractivity contribution >= 4 is 41.5 Å². The van der Waals surface area contributed by atoms with E-state index in [-0.39, 0.29) is 29.9 Å². The van der Waals surface area contributed by atoms with Crippen molar-refractivity contribution in [2.45, 2.75) is 26.8 Å². The molecule has 2 rings (SSSR count). The summed E-state index contributed by atoms with van der Waals surface area (Å²) in [4.78, 5) is 16.0. The highest BCUT2D eigenvalue weighted by Crippen LogP contribution is 2.25. The van der Waals surface area contributed by atoms with Crippen LogP contribution < -0.4 is 25.4 Å². The summed E-state index contributed by atoms with van der Waals surface area (Å²) >= 11 is 0. The predicted octanol–water partition coefficient (Wildman–Crippen LogP) is 3.80. The molecule has 0 atom stereocenters. The van der Waals surface area contributed by atoms with E-state index < -0.39 is 0 Å². The van der Waals surface area contributed by atoms with Crippen LogP contribution in [0, 0.1) is 0 Å². The Morgan fingerprint density at radius 3 is 2.53 bits per heavy atom. The Labute approximate surface area is 195 Å². The fourth-order valence-electron chi connectivity index (χ4n) is 2.64. The van der Waals surface area contributed by atoms with Crippen molar-refractivity contribution in [3.8, 4) is 11.5 Å². The van der Waals surface area contributed by atoms with Crippen LogP contribution in [0.25, 0.3) is 0 Å². The minimum absolute atomic E-state index is 0. The first-order valence-electron chi connectivity index (χ1n) is 9.77. The number of rotatable bonds is 10. The Balaban J connectivity index is 0.00000450. The van der Waals surface area contributed by atoms with Crippen molar-refractivity contribution in [2.24, 2.45) is 4.99 Å². The van der Waals surface area contributed by atoms with Crippen molar-refractivity contribution in [1.29, 1.82) is 0 Å². The number of nitrogens with one attached hydrogen (secondary N) is 3. The molecule has 30 heavy (non-hydrogen) atoms. The van der Waals surface area contributed by atoms with Gasteiger partial charge in [-0.25, -0.2) is 4.99 Å². The number of carbonyl (C=O) groups excluding carboxylic acids is 1. The third kappa shape index (κ3) is 9.34. The number of amides is 1. The molecule has 164 valence electrons. The molecule has 0 aliphatic rings. The summed E-state index contributed by atoms with van der Waals surface area (Å²) in [5, 5.41) is 9.33. The zero-order valence-corrected chi connectivity index (χ0v) is 20.1. The van der Waals surface area contributed by atoms with Gasteiger partial charge >= 0.3 is 0 Å². The monoisotopic (exact) mass is 526 g/mol. The molecule has 2 aromatic carbocycles. The zero-order chi connectivity index (χ0) is 20.9. The van der Waals surface area contributed by atoms with Crippen LogP contribution in [0.15, 0.2) is 53.5 Å². The molecule has 0 spiro atoms. The highest BCUT2D eigenvalue weighted by atomic mass is 127. The third-order valence-electron chi connectivity index (χ3n) is 3.96. The molecule has 0 saturated heterocycles. The molecular formula is C22H31IN4O3. The topological polar surface area (TPSA) is 84.0 Å². The second-order valence-electron chi connectivity index (χ2n) is 6.35. The number of guanidine groups is 1. The van der Waals surface area contributed by atoms with Gasteiger partial charge in [0, 0.05) is 20.0 Å². The average molecular weight is 526 g/mol. The second-order valence-corrected chi connectivity index (χ2v) is 6.35. The standard InChI is InChI=1S/C22H30N4O3.HI/c1-4-23-22(24-13-8-14-29-19-9-6-5-7-10-19)25-16-18-11-12-21(28-3)20(15-18)26-17(2)27;/h5-7,9-12,15H,4,8,13-14,16H2,1-3H3,(H,26,27)(H2,23,24,25);1H. The van der Waals surface area contributed by atoms with Crippen molar-refractivity contribution in [2.75, 3.05) is 32.1 Å². The number of carbonyl (C=O) groups is 1. The van der Waals surface area contributed by atoms with Gasteiger partial charge < -0.3 is 25.4 Å². The first-order valence-corrected chi connectivity index (χ1v) is 9.77. The molecule has 8 heteroatoms. The highest BCUT2D eigenvalue weighted by Gasteiger charge is 2.06. The van der Waals surface area contributed by atoms with E-state index >= 15 is 0 Å². The lowest BCUT2D eigenvalue weighted by molar-refractivity contribution is -0.114. The Morgan fingerprint density at radius 2 is 1.87 bits per heavy atom. The maximum absolute atomic E-state index is 11.4. The number of anilines is 1. The van der Waals surface area contributed by atoms with Crippen LogP contribution in [-0.4, -0.2) is 38.7 Å². The maximum Gasteiger partial charge on any atom is 0.221 e. The molecule has 0 heterocycles. The summed E-state index contributed by atoms with van der Waals surface area (Å²) in [6.45, 7) is 6.13. The summed E-state index contributed by atoms with van der Waals surface area (Å²) in [5.74, 6) is 2.10. The Hall–Kier alpha value is -2.49. The summed E-state index contributed by atoms with van der Waals surface area (Å²) in [7, 11) is 1.58. The van der Waals surface area contributed by atoms with E-state index in [1.807, 2.05) is 55.5 Å². The van der Waals surface area contributed by atoms with Gasteiger partial charge in [-0.05, 0) is 43.2 Å². The van der Waals surface area contributed by atoms with Gasteiger partial charge in [-0.15, -0.1) is 24.0 Å². The van der Waals surface area contributed by atoms with Gasteiger partial charge in [0.05, 0.1) is 25.9 Å². The lowest BCUT2D eigenvalue weighted by Crippen LogP contribution is -2.38. The quantitative estimate of drug-likeness (QED) is 0.190. The van der Waals surface area contributed by atoms with Crippen LogP contribution in [-0.2, 0) is 11.3 Å². The SMILES string of the molecule is CCNC(=NCc1ccc(OC)c(NC(C)=O)c1)NCCCOc1ccccc1.I. The number of nitrogens with zero attached hydrogens (tertiary/aromatic N) is 1. The molecule has 0 aromatic heterocycles. The van der Waals surface area contributed by atoms with Crippen LogP contribution in [0.4, 0.5) is 5.69 Å². The zero-order valence-electron chi connectivity index (χ0n) is 17.7. The van der Waals surface area contributed by atoms with E-state index in [1.54, 1.807) is 7.11 Å². The van der Waals surface area contributed by atoms with Crippen molar-refractivity contribution in [3.63, 3.8) is 0 Å². The fraction of sp³-hybridized carbons (Fsp3) is 0.364. The molecule has 2 aromatic rings. The van der Waals surface area contributed by atoms with E-state index in [2.05, 4.69) is 20.9 Å². The third-order valence-corrected chi connectivity index (χ3v) is 3.96. The van der Waals surface area contributed by atoms with Crippen LogP contribution in [0.2, 0.25) is 0 Å². The first-order chi connectivity index (χ1) is 14.1. The molecule has 0 aliphatic heterocycles. The lowest BCUT2D eigenvalue weighted by Gasteiger charge is -2.13. The van der Waals surface area contributed by atoms with Crippen molar-refractivity contribution < 1.29 is 14.3 Å². The molecule has 1 amide bonds. The number of methoxy groups -OCH3 is 1. The highest BCUT2D eigenvalue weighted by molar-refractivity contribution is 14.0. The number of hydrogen-bond donors (Lipinski definition) is 3. The largest absolute Gasteiger partial charge is 0.495 e. The Morgan fingerprint density at radius 1 is 1.10 bits per heavy atom. The number of benzene rings is 2. The summed E-state index contributed by atoms with van der Waals surface area (Å²) in [6, 6.07) is 15.4. The number of hydrogen-bond acceptors (Lipinski definition) is 4. The predicted molar refractivity (Wildman–Crippen MR) is 132 cm³/mol. The van der Waals surface area contributed by atoms with Gasteiger partial charge in [-0.3, -0.25) is 4.79 Å². The van der Waals surface area contributed by atoms with Crippen LogP contribution in [0.1, 0.15) is 25.8 Å². The van der Waals surface area contributed by atoms with Gasteiger partial charge in [0.1, 0.15) is 11.5 Å². The number of halogens is 1.